The SMILES string of the molecule is Cc1ccc(Nc2cc(C(=O)NCCN(C)C)ncn2)c(C)c1. The van der Waals surface area contributed by atoms with Gasteiger partial charge < -0.3 is 15.5 Å². The van der Waals surface area contributed by atoms with Crippen LogP contribution in [0.4, 0.5) is 11.5 Å². The number of aromatic nitrogens is 2. The molecule has 1 heterocycles. The maximum atomic E-state index is 12.1. The Balaban J connectivity index is 2.06. The Morgan fingerprint density at radius 2 is 1.96 bits per heavy atom. The van der Waals surface area contributed by atoms with Crippen LogP contribution in [-0.2, 0) is 0 Å². The van der Waals surface area contributed by atoms with Crippen LogP contribution in [0.2, 0.25) is 0 Å². The third-order valence-corrected chi connectivity index (χ3v) is 3.39. The zero-order valence-electron chi connectivity index (χ0n) is 14.1. The minimum atomic E-state index is -0.196. The molecule has 0 aliphatic rings. The van der Waals surface area contributed by atoms with Crippen molar-refractivity contribution in [1.29, 1.82) is 0 Å². The molecule has 2 rings (SSSR count). The first kappa shape index (κ1) is 16.9. The van der Waals surface area contributed by atoms with Crippen molar-refractivity contribution in [3.05, 3.63) is 47.4 Å². The summed E-state index contributed by atoms with van der Waals surface area (Å²) in [5, 5.41) is 6.07. The normalized spacial score (nSPS) is 10.7. The molecule has 0 bridgehead atoms. The highest BCUT2D eigenvalue weighted by Gasteiger charge is 2.09. The van der Waals surface area contributed by atoms with Crippen LogP contribution in [0, 0.1) is 13.8 Å². The first-order valence-electron chi connectivity index (χ1n) is 7.55. The van der Waals surface area contributed by atoms with Gasteiger partial charge in [-0.25, -0.2) is 9.97 Å². The number of aryl methyl sites for hydroxylation is 2. The van der Waals surface area contributed by atoms with E-state index in [1.54, 1.807) is 6.07 Å². The number of nitrogens with zero attached hydrogens (tertiary/aromatic N) is 3. The highest BCUT2D eigenvalue weighted by Crippen LogP contribution is 2.20. The predicted molar refractivity (Wildman–Crippen MR) is 92.1 cm³/mol. The standard InChI is InChI=1S/C17H23N5O/c1-12-5-6-14(13(2)9-12)21-16-10-15(19-11-20-16)17(23)18-7-8-22(3)4/h5-6,9-11H,7-8H2,1-4H3,(H,18,23)(H,19,20,21). The second-order valence-electron chi connectivity index (χ2n) is 5.79. The summed E-state index contributed by atoms with van der Waals surface area (Å²) in [4.78, 5) is 22.3. The molecule has 0 radical (unpaired) electrons. The summed E-state index contributed by atoms with van der Waals surface area (Å²) in [6.07, 6.45) is 1.40. The van der Waals surface area contributed by atoms with Gasteiger partial charge in [-0.2, -0.15) is 0 Å². The lowest BCUT2D eigenvalue weighted by atomic mass is 10.1. The van der Waals surface area contributed by atoms with E-state index in [9.17, 15) is 4.79 Å². The number of benzene rings is 1. The number of carbonyl (C=O) groups excluding carboxylic acids is 1. The maximum absolute atomic E-state index is 12.1. The summed E-state index contributed by atoms with van der Waals surface area (Å²) in [6, 6.07) is 7.79. The van der Waals surface area contributed by atoms with Crippen LogP contribution in [0.25, 0.3) is 0 Å². The Morgan fingerprint density at radius 1 is 1.17 bits per heavy atom. The van der Waals surface area contributed by atoms with E-state index in [4.69, 9.17) is 0 Å². The van der Waals surface area contributed by atoms with Crippen LogP contribution in [-0.4, -0.2) is 48.0 Å². The molecule has 0 fully saturated rings. The molecule has 23 heavy (non-hydrogen) atoms. The van der Waals surface area contributed by atoms with E-state index in [-0.39, 0.29) is 5.91 Å². The molecule has 0 aliphatic carbocycles. The molecule has 0 atom stereocenters. The monoisotopic (exact) mass is 313 g/mol. The number of carbonyl (C=O) groups is 1. The van der Waals surface area contributed by atoms with Crippen molar-refractivity contribution in [2.24, 2.45) is 0 Å². The fourth-order valence-corrected chi connectivity index (χ4v) is 2.13. The van der Waals surface area contributed by atoms with E-state index < -0.39 is 0 Å². The van der Waals surface area contributed by atoms with Gasteiger partial charge in [-0.05, 0) is 39.6 Å². The number of nitrogens with one attached hydrogen (secondary N) is 2. The Hall–Kier alpha value is -2.47. The Bertz CT molecular complexity index is 684. The fourth-order valence-electron chi connectivity index (χ4n) is 2.13. The number of rotatable bonds is 6. The lowest BCUT2D eigenvalue weighted by Gasteiger charge is -2.11. The zero-order valence-corrected chi connectivity index (χ0v) is 14.1. The van der Waals surface area contributed by atoms with Gasteiger partial charge in [0.1, 0.15) is 17.8 Å². The largest absolute Gasteiger partial charge is 0.349 e. The van der Waals surface area contributed by atoms with E-state index in [1.807, 2.05) is 38.1 Å². The minimum absolute atomic E-state index is 0.196. The van der Waals surface area contributed by atoms with Crippen LogP contribution in [0.3, 0.4) is 0 Å². The third kappa shape index (κ3) is 5.03. The predicted octanol–water partition coefficient (Wildman–Crippen LogP) is 2.13. The molecule has 6 heteroatoms. The third-order valence-electron chi connectivity index (χ3n) is 3.39. The molecule has 0 aliphatic heterocycles. The van der Waals surface area contributed by atoms with E-state index in [0.29, 0.717) is 18.1 Å². The molecular formula is C17H23N5O. The molecule has 0 saturated carbocycles. The molecule has 1 aromatic carbocycles. The lowest BCUT2D eigenvalue weighted by molar-refractivity contribution is 0.0946. The zero-order chi connectivity index (χ0) is 16.8. The smallest absolute Gasteiger partial charge is 0.270 e. The van der Waals surface area contributed by atoms with Crippen LogP contribution in [0.5, 0.6) is 0 Å². The van der Waals surface area contributed by atoms with Crippen LogP contribution >= 0.6 is 0 Å². The van der Waals surface area contributed by atoms with Gasteiger partial charge >= 0.3 is 0 Å². The summed E-state index contributed by atoms with van der Waals surface area (Å²) in [5.74, 6) is 0.405. The Labute approximate surface area is 137 Å². The Morgan fingerprint density at radius 3 is 2.65 bits per heavy atom. The quantitative estimate of drug-likeness (QED) is 0.855. The van der Waals surface area contributed by atoms with Gasteiger partial charge in [0.05, 0.1) is 0 Å². The molecule has 1 amide bonds. The van der Waals surface area contributed by atoms with Gasteiger partial charge in [0.2, 0.25) is 0 Å². The maximum Gasteiger partial charge on any atom is 0.270 e. The average molecular weight is 313 g/mol. The van der Waals surface area contributed by atoms with Gasteiger partial charge in [0.15, 0.2) is 0 Å². The van der Waals surface area contributed by atoms with Crippen LogP contribution < -0.4 is 10.6 Å². The topological polar surface area (TPSA) is 70.2 Å². The molecule has 0 spiro atoms. The first-order valence-corrected chi connectivity index (χ1v) is 7.55. The molecule has 0 unspecified atom stereocenters. The molecule has 0 saturated heterocycles. The van der Waals surface area contributed by atoms with Gasteiger partial charge in [0.25, 0.3) is 5.91 Å². The molecule has 2 aromatic rings. The number of hydrogen-bond acceptors (Lipinski definition) is 5. The van der Waals surface area contributed by atoms with E-state index in [0.717, 1.165) is 17.8 Å². The van der Waals surface area contributed by atoms with Crippen molar-refractivity contribution < 1.29 is 4.79 Å². The molecule has 6 nitrogen and oxygen atoms in total. The number of amides is 1. The van der Waals surface area contributed by atoms with Crippen molar-refractivity contribution in [2.75, 3.05) is 32.5 Å². The summed E-state index contributed by atoms with van der Waals surface area (Å²) in [7, 11) is 3.92. The van der Waals surface area contributed by atoms with Gasteiger partial charge in [-0.3, -0.25) is 4.79 Å². The molecule has 1 aromatic heterocycles. The van der Waals surface area contributed by atoms with Crippen LogP contribution in [0.15, 0.2) is 30.6 Å². The minimum Gasteiger partial charge on any atom is -0.349 e. The second kappa shape index (κ2) is 7.69. The van der Waals surface area contributed by atoms with Crippen LogP contribution in [0.1, 0.15) is 21.6 Å². The summed E-state index contributed by atoms with van der Waals surface area (Å²) >= 11 is 0. The number of hydrogen-bond donors (Lipinski definition) is 2. The van der Waals surface area contributed by atoms with E-state index in [1.165, 1.54) is 11.9 Å². The number of likely N-dealkylation sites (N-methyl/N-ethyl adjacent to an activating group) is 1. The molecule has 122 valence electrons. The van der Waals surface area contributed by atoms with Crippen molar-refractivity contribution in [1.82, 2.24) is 20.2 Å². The summed E-state index contributed by atoms with van der Waals surface area (Å²) in [6.45, 7) is 5.45. The second-order valence-corrected chi connectivity index (χ2v) is 5.79. The highest BCUT2D eigenvalue weighted by atomic mass is 16.1. The molecule has 2 N–H and O–H groups in total. The van der Waals surface area contributed by atoms with Gasteiger partial charge in [0, 0.05) is 24.8 Å². The summed E-state index contributed by atoms with van der Waals surface area (Å²) in [5.41, 5.74) is 3.65. The summed E-state index contributed by atoms with van der Waals surface area (Å²) < 4.78 is 0. The molecular weight excluding hydrogens is 290 g/mol. The van der Waals surface area contributed by atoms with E-state index in [2.05, 4.69) is 33.6 Å². The van der Waals surface area contributed by atoms with Crippen molar-refractivity contribution in [3.8, 4) is 0 Å². The lowest BCUT2D eigenvalue weighted by Crippen LogP contribution is -2.31. The average Bonchev–Trinajstić information content (AvgIpc) is 2.50. The van der Waals surface area contributed by atoms with Crippen molar-refractivity contribution >= 4 is 17.4 Å². The highest BCUT2D eigenvalue weighted by molar-refractivity contribution is 5.93. The van der Waals surface area contributed by atoms with Crippen molar-refractivity contribution in [3.63, 3.8) is 0 Å². The fraction of sp³-hybridized carbons (Fsp3) is 0.353. The van der Waals surface area contributed by atoms with Gasteiger partial charge in [-0.1, -0.05) is 17.7 Å². The van der Waals surface area contributed by atoms with Crippen molar-refractivity contribution in [2.45, 2.75) is 13.8 Å². The van der Waals surface area contributed by atoms with Gasteiger partial charge in [-0.15, -0.1) is 0 Å². The first-order chi connectivity index (χ1) is 11.0. The van der Waals surface area contributed by atoms with E-state index >= 15 is 0 Å². The Kier molecular flexibility index (Phi) is 5.65. The number of anilines is 2.